The lowest BCUT2D eigenvalue weighted by molar-refractivity contribution is 0.102. The minimum absolute atomic E-state index is 0.0168. The molecule has 5 heteroatoms. The first-order valence-electron chi connectivity index (χ1n) is 5.22. The zero-order valence-corrected chi connectivity index (χ0v) is 10.2. The van der Waals surface area contributed by atoms with Crippen molar-refractivity contribution < 1.29 is 4.79 Å². The van der Waals surface area contributed by atoms with Gasteiger partial charge in [-0.3, -0.25) is 4.79 Å². The van der Waals surface area contributed by atoms with Crippen LogP contribution in [0, 0.1) is 11.3 Å². The molecule has 1 heterocycles. The van der Waals surface area contributed by atoms with Crippen LogP contribution in [0.2, 0.25) is 0 Å². The van der Waals surface area contributed by atoms with E-state index in [9.17, 15) is 4.79 Å². The van der Waals surface area contributed by atoms with E-state index < -0.39 is 0 Å². The standard InChI is InChI=1S/C13H9N3OS/c14-7-10-1-3-11(4-2-10)12(17)8-18-13-5-6-15-9-16-13/h1-6,9H,8H2. The van der Waals surface area contributed by atoms with E-state index >= 15 is 0 Å². The van der Waals surface area contributed by atoms with Crippen LogP contribution in [0.1, 0.15) is 15.9 Å². The van der Waals surface area contributed by atoms with E-state index in [1.807, 2.05) is 6.07 Å². The van der Waals surface area contributed by atoms with Crippen LogP contribution in [0.15, 0.2) is 47.9 Å². The molecule has 0 fully saturated rings. The Morgan fingerprint density at radius 2 is 2.06 bits per heavy atom. The van der Waals surface area contributed by atoms with Crippen molar-refractivity contribution in [3.63, 3.8) is 0 Å². The lowest BCUT2D eigenvalue weighted by Crippen LogP contribution is -2.02. The summed E-state index contributed by atoms with van der Waals surface area (Å²) >= 11 is 1.37. The van der Waals surface area contributed by atoms with Crippen LogP contribution < -0.4 is 0 Å². The Bertz CT molecular complexity index is 575. The highest BCUT2D eigenvalue weighted by molar-refractivity contribution is 7.99. The van der Waals surface area contributed by atoms with Crippen molar-refractivity contribution in [3.05, 3.63) is 54.0 Å². The van der Waals surface area contributed by atoms with Crippen molar-refractivity contribution in [2.24, 2.45) is 0 Å². The Kier molecular flexibility index (Phi) is 4.05. The number of carbonyl (C=O) groups excluding carboxylic acids is 1. The highest BCUT2D eigenvalue weighted by atomic mass is 32.2. The molecule has 4 nitrogen and oxygen atoms in total. The summed E-state index contributed by atoms with van der Waals surface area (Å²) in [7, 11) is 0. The van der Waals surface area contributed by atoms with Gasteiger partial charge < -0.3 is 0 Å². The second-order valence-corrected chi connectivity index (χ2v) is 4.44. The molecule has 1 aromatic heterocycles. The zero-order valence-electron chi connectivity index (χ0n) is 9.41. The average Bonchev–Trinajstić information content (AvgIpc) is 2.46. The summed E-state index contributed by atoms with van der Waals surface area (Å²) in [6.45, 7) is 0. The van der Waals surface area contributed by atoms with Gasteiger partial charge in [-0.25, -0.2) is 9.97 Å². The van der Waals surface area contributed by atoms with Crippen LogP contribution in [0.25, 0.3) is 0 Å². The topological polar surface area (TPSA) is 66.6 Å². The molecule has 0 saturated heterocycles. The fourth-order valence-electron chi connectivity index (χ4n) is 1.32. The van der Waals surface area contributed by atoms with E-state index in [2.05, 4.69) is 9.97 Å². The summed E-state index contributed by atoms with van der Waals surface area (Å²) < 4.78 is 0. The van der Waals surface area contributed by atoms with Gasteiger partial charge in [0.25, 0.3) is 0 Å². The van der Waals surface area contributed by atoms with Gasteiger partial charge in [0.15, 0.2) is 5.78 Å². The minimum atomic E-state index is 0.0168. The summed E-state index contributed by atoms with van der Waals surface area (Å²) in [6, 6.07) is 10.4. The van der Waals surface area contributed by atoms with Crippen molar-refractivity contribution in [1.29, 1.82) is 5.26 Å². The molecular formula is C13H9N3OS. The van der Waals surface area contributed by atoms with Gasteiger partial charge in [0.2, 0.25) is 0 Å². The van der Waals surface area contributed by atoms with E-state index in [0.29, 0.717) is 16.9 Å². The molecule has 0 saturated carbocycles. The number of benzene rings is 1. The van der Waals surface area contributed by atoms with E-state index in [0.717, 1.165) is 5.03 Å². The van der Waals surface area contributed by atoms with E-state index in [1.165, 1.54) is 18.1 Å². The third kappa shape index (κ3) is 3.15. The van der Waals surface area contributed by atoms with Gasteiger partial charge in [0.05, 0.1) is 22.4 Å². The van der Waals surface area contributed by atoms with Gasteiger partial charge in [0, 0.05) is 11.8 Å². The number of rotatable bonds is 4. The van der Waals surface area contributed by atoms with Crippen LogP contribution in [0.3, 0.4) is 0 Å². The molecule has 2 rings (SSSR count). The SMILES string of the molecule is N#Cc1ccc(C(=O)CSc2ccncn2)cc1. The Balaban J connectivity index is 1.98. The predicted octanol–water partition coefficient (Wildman–Crippen LogP) is 2.32. The number of nitriles is 1. The quantitative estimate of drug-likeness (QED) is 0.476. The third-order valence-electron chi connectivity index (χ3n) is 2.24. The number of aromatic nitrogens is 2. The van der Waals surface area contributed by atoms with Crippen molar-refractivity contribution in [2.75, 3.05) is 5.75 Å². The molecule has 0 spiro atoms. The molecule has 0 aliphatic heterocycles. The van der Waals surface area contributed by atoms with Crippen molar-refractivity contribution >= 4 is 17.5 Å². The molecule has 0 aliphatic carbocycles. The van der Waals surface area contributed by atoms with Crippen molar-refractivity contribution in [2.45, 2.75) is 5.03 Å². The maximum Gasteiger partial charge on any atom is 0.173 e. The first-order valence-corrected chi connectivity index (χ1v) is 6.20. The van der Waals surface area contributed by atoms with Crippen molar-refractivity contribution in [3.8, 4) is 6.07 Å². The summed E-state index contributed by atoms with van der Waals surface area (Å²) in [5.74, 6) is 0.339. The van der Waals surface area contributed by atoms with Crippen LogP contribution in [0.4, 0.5) is 0 Å². The molecule has 0 bridgehead atoms. The minimum Gasteiger partial charge on any atom is -0.293 e. The maximum absolute atomic E-state index is 11.9. The lowest BCUT2D eigenvalue weighted by atomic mass is 10.1. The molecule has 0 N–H and O–H groups in total. The van der Waals surface area contributed by atoms with E-state index in [4.69, 9.17) is 5.26 Å². The zero-order chi connectivity index (χ0) is 12.8. The summed E-state index contributed by atoms with van der Waals surface area (Å²) in [5, 5.41) is 9.44. The van der Waals surface area contributed by atoms with Crippen LogP contribution in [0.5, 0.6) is 0 Å². The van der Waals surface area contributed by atoms with Crippen molar-refractivity contribution in [1.82, 2.24) is 9.97 Å². The number of ketones is 1. The molecule has 0 amide bonds. The predicted molar refractivity (Wildman–Crippen MR) is 68.2 cm³/mol. The van der Waals surface area contributed by atoms with Gasteiger partial charge in [-0.15, -0.1) is 0 Å². The fraction of sp³-hybridized carbons (Fsp3) is 0.0769. The van der Waals surface area contributed by atoms with Gasteiger partial charge in [-0.2, -0.15) is 5.26 Å². The number of hydrogen-bond acceptors (Lipinski definition) is 5. The second-order valence-electron chi connectivity index (χ2n) is 3.45. The molecule has 88 valence electrons. The van der Waals surface area contributed by atoms with Gasteiger partial charge >= 0.3 is 0 Å². The molecular weight excluding hydrogens is 246 g/mol. The largest absolute Gasteiger partial charge is 0.293 e. The molecule has 0 unspecified atom stereocenters. The molecule has 0 radical (unpaired) electrons. The van der Waals surface area contributed by atoms with E-state index in [-0.39, 0.29) is 5.78 Å². The molecule has 0 aliphatic rings. The Labute approximate surface area is 109 Å². The summed E-state index contributed by atoms with van der Waals surface area (Å²) in [4.78, 5) is 19.7. The Morgan fingerprint density at radius 1 is 1.28 bits per heavy atom. The smallest absolute Gasteiger partial charge is 0.173 e. The second kappa shape index (κ2) is 5.94. The third-order valence-corrected chi connectivity index (χ3v) is 3.19. The van der Waals surface area contributed by atoms with Gasteiger partial charge in [-0.05, 0) is 18.2 Å². The number of thioether (sulfide) groups is 1. The summed E-state index contributed by atoms with van der Waals surface area (Å²) in [6.07, 6.45) is 3.09. The number of Topliss-reactive ketones (excluding diaryl/α,β-unsaturated/α-hetero) is 1. The molecule has 2 aromatic rings. The monoisotopic (exact) mass is 255 g/mol. The van der Waals surface area contributed by atoms with Crippen LogP contribution >= 0.6 is 11.8 Å². The van der Waals surface area contributed by atoms with Crippen LogP contribution in [-0.2, 0) is 0 Å². The molecule has 18 heavy (non-hydrogen) atoms. The van der Waals surface area contributed by atoms with E-state index in [1.54, 1.807) is 36.5 Å². The normalized spacial score (nSPS) is 9.72. The van der Waals surface area contributed by atoms with Gasteiger partial charge in [-0.1, -0.05) is 23.9 Å². The maximum atomic E-state index is 11.9. The average molecular weight is 255 g/mol. The molecule has 1 aromatic carbocycles. The highest BCUT2D eigenvalue weighted by Gasteiger charge is 2.07. The highest BCUT2D eigenvalue weighted by Crippen LogP contribution is 2.15. The first kappa shape index (κ1) is 12.3. The number of nitrogens with zero attached hydrogens (tertiary/aromatic N) is 3. The fourth-order valence-corrected chi connectivity index (χ4v) is 2.04. The Hall–Kier alpha value is -2.19. The lowest BCUT2D eigenvalue weighted by Gasteiger charge is -2.00. The number of hydrogen-bond donors (Lipinski definition) is 0. The molecule has 0 atom stereocenters. The Morgan fingerprint density at radius 3 is 2.67 bits per heavy atom. The van der Waals surface area contributed by atoms with Crippen LogP contribution in [-0.4, -0.2) is 21.5 Å². The number of carbonyl (C=O) groups is 1. The first-order chi connectivity index (χ1) is 8.79. The van der Waals surface area contributed by atoms with Gasteiger partial charge in [0.1, 0.15) is 6.33 Å². The summed E-state index contributed by atoms with van der Waals surface area (Å²) in [5.41, 5.74) is 1.16.